The minimum Gasteiger partial charge on any atom is -0.253 e. The summed E-state index contributed by atoms with van der Waals surface area (Å²) in [6.45, 7) is 0. The summed E-state index contributed by atoms with van der Waals surface area (Å²) in [7, 11) is 0. The van der Waals surface area contributed by atoms with E-state index in [0.717, 1.165) is 0 Å². The summed E-state index contributed by atoms with van der Waals surface area (Å²) in [6.07, 6.45) is 4.73. The molecule has 0 aliphatic heterocycles. The van der Waals surface area contributed by atoms with Gasteiger partial charge in [-0.15, -0.1) is 5.10 Å². The van der Waals surface area contributed by atoms with Crippen LogP contribution in [-0.4, -0.2) is 26.4 Å². The van der Waals surface area contributed by atoms with Gasteiger partial charge in [0.1, 0.15) is 17.3 Å². The fourth-order valence-corrected chi connectivity index (χ4v) is 2.28. The van der Waals surface area contributed by atoms with Gasteiger partial charge in [0.15, 0.2) is 0 Å². The van der Waals surface area contributed by atoms with Gasteiger partial charge >= 0.3 is 0 Å². The molecule has 0 amide bonds. The SMILES string of the molecule is CSc1nncc(-c2ccc(F)c(-c3ncccc3F)c2)n1. The summed E-state index contributed by atoms with van der Waals surface area (Å²) in [5, 5.41) is 8.22. The fraction of sp³-hybridized carbons (Fsp3) is 0.0667. The van der Waals surface area contributed by atoms with Gasteiger partial charge in [-0.2, -0.15) is 5.10 Å². The average molecular weight is 316 g/mol. The van der Waals surface area contributed by atoms with Crippen molar-refractivity contribution in [2.24, 2.45) is 0 Å². The fourth-order valence-electron chi connectivity index (χ4n) is 1.96. The van der Waals surface area contributed by atoms with Gasteiger partial charge < -0.3 is 0 Å². The van der Waals surface area contributed by atoms with Crippen LogP contribution in [0.2, 0.25) is 0 Å². The van der Waals surface area contributed by atoms with E-state index < -0.39 is 11.6 Å². The predicted molar refractivity (Wildman–Crippen MR) is 80.2 cm³/mol. The van der Waals surface area contributed by atoms with Crippen molar-refractivity contribution in [2.45, 2.75) is 5.16 Å². The van der Waals surface area contributed by atoms with Crippen LogP contribution >= 0.6 is 11.8 Å². The number of pyridine rings is 1. The molecule has 0 radical (unpaired) electrons. The van der Waals surface area contributed by atoms with E-state index in [2.05, 4.69) is 20.2 Å². The zero-order valence-electron chi connectivity index (χ0n) is 11.5. The number of hydrogen-bond acceptors (Lipinski definition) is 5. The molecular weight excluding hydrogens is 306 g/mol. The van der Waals surface area contributed by atoms with E-state index in [-0.39, 0.29) is 11.3 Å². The number of rotatable bonds is 3. The first-order valence-corrected chi connectivity index (χ1v) is 7.56. The molecule has 2 heterocycles. The summed E-state index contributed by atoms with van der Waals surface area (Å²) < 4.78 is 27.9. The Morgan fingerprint density at radius 3 is 2.73 bits per heavy atom. The van der Waals surface area contributed by atoms with Crippen LogP contribution in [0.25, 0.3) is 22.5 Å². The Bertz CT molecular complexity index is 826. The van der Waals surface area contributed by atoms with Crippen molar-refractivity contribution in [2.75, 3.05) is 6.26 Å². The maximum atomic E-state index is 14.0. The molecule has 4 nitrogen and oxygen atoms in total. The molecule has 22 heavy (non-hydrogen) atoms. The van der Waals surface area contributed by atoms with Gasteiger partial charge in [-0.05, 0) is 36.6 Å². The monoisotopic (exact) mass is 316 g/mol. The van der Waals surface area contributed by atoms with Crippen LogP contribution in [-0.2, 0) is 0 Å². The molecule has 0 spiro atoms. The number of nitrogens with zero attached hydrogens (tertiary/aromatic N) is 4. The Balaban J connectivity index is 2.12. The van der Waals surface area contributed by atoms with Crippen LogP contribution in [0, 0.1) is 11.6 Å². The Kier molecular flexibility index (Phi) is 4.06. The largest absolute Gasteiger partial charge is 0.253 e. The Morgan fingerprint density at radius 2 is 1.95 bits per heavy atom. The van der Waals surface area contributed by atoms with Crippen LogP contribution in [0.5, 0.6) is 0 Å². The molecule has 2 aromatic heterocycles. The summed E-state index contributed by atoms with van der Waals surface area (Å²) in [5.74, 6) is -1.13. The topological polar surface area (TPSA) is 51.6 Å². The lowest BCUT2D eigenvalue weighted by Crippen LogP contribution is -1.95. The minimum atomic E-state index is -0.579. The van der Waals surface area contributed by atoms with E-state index in [4.69, 9.17) is 0 Å². The van der Waals surface area contributed by atoms with Crippen molar-refractivity contribution in [1.82, 2.24) is 20.2 Å². The normalized spacial score (nSPS) is 10.7. The predicted octanol–water partition coefficient (Wildman–Crippen LogP) is 3.60. The molecule has 0 aliphatic carbocycles. The second-order valence-electron chi connectivity index (χ2n) is 4.36. The Hall–Kier alpha value is -2.41. The average Bonchev–Trinajstić information content (AvgIpc) is 2.56. The zero-order chi connectivity index (χ0) is 15.5. The maximum absolute atomic E-state index is 14.0. The molecule has 3 rings (SSSR count). The molecule has 0 saturated heterocycles. The van der Waals surface area contributed by atoms with Crippen molar-refractivity contribution in [1.29, 1.82) is 0 Å². The molecule has 1 aromatic carbocycles. The molecule has 0 unspecified atom stereocenters. The van der Waals surface area contributed by atoms with Crippen LogP contribution in [0.1, 0.15) is 0 Å². The van der Waals surface area contributed by atoms with E-state index in [1.165, 1.54) is 48.4 Å². The van der Waals surface area contributed by atoms with Gasteiger partial charge in [0.25, 0.3) is 0 Å². The minimum absolute atomic E-state index is 0.0334. The van der Waals surface area contributed by atoms with E-state index in [0.29, 0.717) is 16.4 Å². The molecule has 0 aliphatic rings. The van der Waals surface area contributed by atoms with Crippen molar-refractivity contribution < 1.29 is 8.78 Å². The van der Waals surface area contributed by atoms with Crippen LogP contribution in [0.15, 0.2) is 47.9 Å². The molecule has 0 saturated carbocycles. The van der Waals surface area contributed by atoms with Crippen LogP contribution in [0.4, 0.5) is 8.78 Å². The number of benzene rings is 1. The summed E-state index contributed by atoms with van der Waals surface area (Å²) in [6, 6.07) is 7.04. The lowest BCUT2D eigenvalue weighted by Gasteiger charge is -2.07. The van der Waals surface area contributed by atoms with Gasteiger partial charge in [0.05, 0.1) is 11.9 Å². The molecule has 7 heteroatoms. The van der Waals surface area contributed by atoms with Crippen LogP contribution < -0.4 is 0 Å². The van der Waals surface area contributed by atoms with Gasteiger partial charge in [0, 0.05) is 17.3 Å². The summed E-state index contributed by atoms with van der Waals surface area (Å²) in [5.41, 5.74) is 1.21. The Morgan fingerprint density at radius 1 is 1.09 bits per heavy atom. The highest BCUT2D eigenvalue weighted by atomic mass is 32.2. The first-order valence-electron chi connectivity index (χ1n) is 6.33. The first kappa shape index (κ1) is 14.5. The summed E-state index contributed by atoms with van der Waals surface area (Å²) >= 11 is 1.35. The van der Waals surface area contributed by atoms with Gasteiger partial charge in [-0.25, -0.2) is 13.8 Å². The van der Waals surface area contributed by atoms with Gasteiger partial charge in [0.2, 0.25) is 5.16 Å². The molecule has 3 aromatic rings. The van der Waals surface area contributed by atoms with Crippen molar-refractivity contribution in [3.63, 3.8) is 0 Å². The zero-order valence-corrected chi connectivity index (χ0v) is 12.3. The molecule has 0 N–H and O–H groups in total. The van der Waals surface area contributed by atoms with E-state index in [9.17, 15) is 8.78 Å². The first-order chi connectivity index (χ1) is 10.7. The smallest absolute Gasteiger partial charge is 0.209 e. The standard InChI is InChI=1S/C15H10F2N4S/c1-22-15-20-13(8-19-21-15)9-4-5-11(16)10(7-9)14-12(17)3-2-6-18-14/h2-8H,1H3. The molecule has 0 bridgehead atoms. The van der Waals surface area contributed by atoms with E-state index >= 15 is 0 Å². The van der Waals surface area contributed by atoms with Crippen molar-refractivity contribution in [3.05, 3.63) is 54.4 Å². The lowest BCUT2D eigenvalue weighted by atomic mass is 10.0. The highest BCUT2D eigenvalue weighted by Gasteiger charge is 2.13. The van der Waals surface area contributed by atoms with Crippen LogP contribution in [0.3, 0.4) is 0 Å². The highest BCUT2D eigenvalue weighted by molar-refractivity contribution is 7.98. The quantitative estimate of drug-likeness (QED) is 0.691. The number of halogens is 2. The van der Waals surface area contributed by atoms with E-state index in [1.807, 2.05) is 6.26 Å². The third-order valence-corrected chi connectivity index (χ3v) is 3.54. The van der Waals surface area contributed by atoms with Crippen molar-refractivity contribution >= 4 is 11.8 Å². The third kappa shape index (κ3) is 2.80. The molecule has 110 valence electrons. The second kappa shape index (κ2) is 6.15. The highest BCUT2D eigenvalue weighted by Crippen LogP contribution is 2.28. The van der Waals surface area contributed by atoms with Crippen molar-refractivity contribution in [3.8, 4) is 22.5 Å². The number of aromatic nitrogens is 4. The lowest BCUT2D eigenvalue weighted by molar-refractivity contribution is 0.611. The number of thioether (sulfide) groups is 1. The molecule has 0 atom stereocenters. The Labute approximate surface area is 129 Å². The third-order valence-electron chi connectivity index (χ3n) is 3.00. The van der Waals surface area contributed by atoms with Gasteiger partial charge in [-0.1, -0.05) is 11.8 Å². The molecule has 0 fully saturated rings. The second-order valence-corrected chi connectivity index (χ2v) is 5.13. The van der Waals surface area contributed by atoms with Gasteiger partial charge in [-0.3, -0.25) is 4.98 Å². The van der Waals surface area contributed by atoms with E-state index in [1.54, 1.807) is 6.07 Å². The molecular formula is C15H10F2N4S. The summed E-state index contributed by atoms with van der Waals surface area (Å²) in [4.78, 5) is 8.21. The number of hydrogen-bond donors (Lipinski definition) is 0. The maximum Gasteiger partial charge on any atom is 0.209 e.